The van der Waals surface area contributed by atoms with E-state index in [4.69, 9.17) is 9.73 Å². The van der Waals surface area contributed by atoms with E-state index < -0.39 is 5.60 Å². The van der Waals surface area contributed by atoms with Gasteiger partial charge in [0.1, 0.15) is 11.4 Å². The molecule has 1 aliphatic carbocycles. The quantitative estimate of drug-likeness (QED) is 0.629. The zero-order valence-electron chi connectivity index (χ0n) is 14.4. The van der Waals surface area contributed by atoms with Crippen LogP contribution in [0.15, 0.2) is 16.6 Å². The Morgan fingerprint density at radius 1 is 1.38 bits per heavy atom. The van der Waals surface area contributed by atoms with Crippen LogP contribution in [0.2, 0.25) is 0 Å². The summed E-state index contributed by atoms with van der Waals surface area (Å²) in [5.74, 6) is 1.23. The maximum Gasteiger partial charge on any atom is 0.416 e. The number of amides is 1. The molecule has 0 N–H and O–H groups in total. The second-order valence-electron chi connectivity index (χ2n) is 7.80. The molecule has 4 nitrogen and oxygen atoms in total. The van der Waals surface area contributed by atoms with Gasteiger partial charge in [0.15, 0.2) is 0 Å². The zero-order chi connectivity index (χ0) is 16.0. The van der Waals surface area contributed by atoms with Crippen LogP contribution in [-0.2, 0) is 4.74 Å². The molecular weight excluding hydrogens is 264 g/mol. The highest BCUT2D eigenvalue weighted by molar-refractivity contribution is 5.95. The van der Waals surface area contributed by atoms with Crippen molar-refractivity contribution in [2.75, 3.05) is 0 Å². The lowest BCUT2D eigenvalue weighted by atomic mass is 9.76. The van der Waals surface area contributed by atoms with Crippen molar-refractivity contribution >= 4 is 11.9 Å². The topological polar surface area (TPSA) is 41.9 Å². The van der Waals surface area contributed by atoms with Crippen molar-refractivity contribution in [1.82, 2.24) is 4.90 Å². The maximum absolute atomic E-state index is 12.6. The first-order valence-electron chi connectivity index (χ1n) is 7.76. The van der Waals surface area contributed by atoms with Gasteiger partial charge in [-0.25, -0.2) is 4.79 Å². The summed E-state index contributed by atoms with van der Waals surface area (Å²) in [5, 5.41) is 0. The van der Waals surface area contributed by atoms with Crippen LogP contribution >= 0.6 is 0 Å². The molecule has 2 rings (SSSR count). The molecule has 0 spiro atoms. The van der Waals surface area contributed by atoms with Gasteiger partial charge in [-0.3, -0.25) is 9.89 Å². The number of aliphatic imine (C=N–C) groups is 1. The molecular formula is C17H28N2O2. The maximum atomic E-state index is 12.6. The summed E-state index contributed by atoms with van der Waals surface area (Å²) in [6.07, 6.45) is 3.95. The molecule has 0 aromatic rings. The van der Waals surface area contributed by atoms with Gasteiger partial charge in [-0.1, -0.05) is 11.6 Å². The van der Waals surface area contributed by atoms with E-state index >= 15 is 0 Å². The average Bonchev–Trinajstić information content (AvgIpc) is 2.35. The zero-order valence-corrected chi connectivity index (χ0v) is 14.4. The Kier molecular flexibility index (Phi) is 3.94. The van der Waals surface area contributed by atoms with Crippen molar-refractivity contribution in [2.45, 2.75) is 78.5 Å². The second-order valence-corrected chi connectivity index (χ2v) is 7.80. The van der Waals surface area contributed by atoms with Crippen LogP contribution < -0.4 is 0 Å². The van der Waals surface area contributed by atoms with Crippen molar-refractivity contribution in [3.05, 3.63) is 11.6 Å². The minimum absolute atomic E-state index is 0.0733. The molecule has 1 aliphatic heterocycles. The number of rotatable bonds is 0. The molecule has 2 atom stereocenters. The minimum Gasteiger partial charge on any atom is -0.443 e. The Bertz CT molecular complexity index is 497. The summed E-state index contributed by atoms with van der Waals surface area (Å²) in [4.78, 5) is 19.2. The molecule has 0 unspecified atom stereocenters. The molecule has 0 radical (unpaired) electrons. The predicted molar refractivity (Wildman–Crippen MR) is 85.5 cm³/mol. The molecule has 1 heterocycles. The highest BCUT2D eigenvalue weighted by atomic mass is 16.6. The van der Waals surface area contributed by atoms with E-state index in [1.54, 1.807) is 4.90 Å². The number of carbonyl (C=O) groups is 1. The Morgan fingerprint density at radius 2 is 2.00 bits per heavy atom. The van der Waals surface area contributed by atoms with E-state index in [2.05, 4.69) is 26.8 Å². The van der Waals surface area contributed by atoms with Gasteiger partial charge in [-0.2, -0.15) is 0 Å². The summed E-state index contributed by atoms with van der Waals surface area (Å²) >= 11 is 0. The number of allylic oxidation sites excluding steroid dienone is 1. The largest absolute Gasteiger partial charge is 0.443 e. The molecule has 0 aromatic carbocycles. The lowest BCUT2D eigenvalue weighted by molar-refractivity contribution is 0.0316. The monoisotopic (exact) mass is 292 g/mol. The third kappa shape index (κ3) is 3.30. The van der Waals surface area contributed by atoms with E-state index in [0.717, 1.165) is 18.7 Å². The first-order chi connectivity index (χ1) is 9.51. The van der Waals surface area contributed by atoms with E-state index in [9.17, 15) is 4.79 Å². The van der Waals surface area contributed by atoms with Crippen LogP contribution in [0.3, 0.4) is 0 Å². The van der Waals surface area contributed by atoms with Crippen LogP contribution in [0.4, 0.5) is 4.79 Å². The van der Waals surface area contributed by atoms with E-state index in [-0.39, 0.29) is 17.7 Å². The van der Waals surface area contributed by atoms with Crippen LogP contribution in [0.1, 0.15) is 61.3 Å². The van der Waals surface area contributed by atoms with Gasteiger partial charge in [-0.15, -0.1) is 0 Å². The van der Waals surface area contributed by atoms with Crippen LogP contribution in [0.25, 0.3) is 0 Å². The van der Waals surface area contributed by atoms with Crippen molar-refractivity contribution in [3.8, 4) is 0 Å². The SMILES string of the molecule is CC1=CC[C@@H]2C[C@H]1N(C(=O)OC(C)(C)C)C(C)=NC2(C)C. The second kappa shape index (κ2) is 5.15. The lowest BCUT2D eigenvalue weighted by Gasteiger charge is -2.37. The third-order valence-corrected chi connectivity index (χ3v) is 4.46. The summed E-state index contributed by atoms with van der Waals surface area (Å²) in [6, 6.07) is 0.0733. The lowest BCUT2D eigenvalue weighted by Crippen LogP contribution is -2.47. The molecule has 2 bridgehead atoms. The summed E-state index contributed by atoms with van der Waals surface area (Å²) in [5.41, 5.74) is 0.602. The molecule has 1 amide bonds. The fourth-order valence-corrected chi connectivity index (χ4v) is 3.26. The number of carbonyl (C=O) groups excluding carboxylic acids is 1. The molecule has 0 fully saturated rings. The van der Waals surface area contributed by atoms with Crippen molar-refractivity contribution in [3.63, 3.8) is 0 Å². The molecule has 21 heavy (non-hydrogen) atoms. The van der Waals surface area contributed by atoms with Crippen LogP contribution in [-0.4, -0.2) is 34.0 Å². The minimum atomic E-state index is -0.495. The van der Waals surface area contributed by atoms with E-state index in [0.29, 0.717) is 5.92 Å². The molecule has 118 valence electrons. The molecule has 0 aromatic heterocycles. The number of amidine groups is 1. The fraction of sp³-hybridized carbons (Fsp3) is 0.765. The normalized spacial score (nSPS) is 28.4. The van der Waals surface area contributed by atoms with E-state index in [1.165, 1.54) is 5.57 Å². The highest BCUT2D eigenvalue weighted by Gasteiger charge is 2.42. The Hall–Kier alpha value is -1.32. The number of hydrogen-bond acceptors (Lipinski definition) is 3. The summed E-state index contributed by atoms with van der Waals surface area (Å²) in [6.45, 7) is 14.0. The van der Waals surface area contributed by atoms with Crippen LogP contribution in [0.5, 0.6) is 0 Å². The summed E-state index contributed by atoms with van der Waals surface area (Å²) < 4.78 is 5.59. The number of ether oxygens (including phenoxy) is 1. The van der Waals surface area contributed by atoms with Gasteiger partial charge in [0.05, 0.1) is 11.6 Å². The predicted octanol–water partition coefficient (Wildman–Crippen LogP) is 4.16. The van der Waals surface area contributed by atoms with Gasteiger partial charge in [0.25, 0.3) is 0 Å². The molecule has 4 heteroatoms. The standard InChI is InChI=1S/C17H28N2O2/c1-11-8-9-13-10-14(11)19(12(2)18-17(13,6)7)15(20)21-16(3,4)5/h8,13-14H,9-10H2,1-7H3/t13-,14-/m1/s1. The number of fused-ring (bicyclic) bond motifs is 2. The van der Waals surface area contributed by atoms with Gasteiger partial charge < -0.3 is 4.74 Å². The Morgan fingerprint density at radius 3 is 2.57 bits per heavy atom. The van der Waals surface area contributed by atoms with E-state index in [1.807, 2.05) is 27.7 Å². The smallest absolute Gasteiger partial charge is 0.416 e. The van der Waals surface area contributed by atoms with Crippen molar-refractivity contribution in [2.24, 2.45) is 10.9 Å². The first kappa shape index (κ1) is 16.1. The third-order valence-electron chi connectivity index (χ3n) is 4.46. The Balaban J connectivity index is 2.40. The molecule has 2 aliphatic rings. The van der Waals surface area contributed by atoms with Gasteiger partial charge >= 0.3 is 6.09 Å². The molecule has 0 saturated heterocycles. The van der Waals surface area contributed by atoms with Gasteiger partial charge in [-0.05, 0) is 67.2 Å². The van der Waals surface area contributed by atoms with Crippen molar-refractivity contribution < 1.29 is 9.53 Å². The fourth-order valence-electron chi connectivity index (χ4n) is 3.26. The van der Waals surface area contributed by atoms with Crippen LogP contribution in [0, 0.1) is 5.92 Å². The number of nitrogens with zero attached hydrogens (tertiary/aromatic N) is 2. The highest BCUT2D eigenvalue weighted by Crippen LogP contribution is 2.39. The summed E-state index contributed by atoms with van der Waals surface area (Å²) in [7, 11) is 0. The molecule has 0 saturated carbocycles. The Labute approximate surface area is 128 Å². The average molecular weight is 292 g/mol. The van der Waals surface area contributed by atoms with Crippen molar-refractivity contribution in [1.29, 1.82) is 0 Å². The van der Waals surface area contributed by atoms with Gasteiger partial charge in [0.2, 0.25) is 0 Å². The number of hydrogen-bond donors (Lipinski definition) is 0. The first-order valence-corrected chi connectivity index (χ1v) is 7.76. The van der Waals surface area contributed by atoms with Gasteiger partial charge in [0, 0.05) is 0 Å².